The van der Waals surface area contributed by atoms with Crippen molar-refractivity contribution in [1.29, 1.82) is 0 Å². The molecule has 0 saturated carbocycles. The van der Waals surface area contributed by atoms with Crippen molar-refractivity contribution in [3.63, 3.8) is 0 Å². The zero-order chi connectivity index (χ0) is 19.2. The minimum absolute atomic E-state index is 0.0553. The average Bonchev–Trinajstić information content (AvgIpc) is 2.88. The summed E-state index contributed by atoms with van der Waals surface area (Å²) in [7, 11) is 0. The number of phenolic OH excluding ortho intramolecular Hbond substituents is 1. The van der Waals surface area contributed by atoms with E-state index in [1.807, 2.05) is 15.9 Å². The molecule has 0 aliphatic carbocycles. The molecule has 27 heavy (non-hydrogen) atoms. The molecule has 0 radical (unpaired) electrons. The second-order valence-electron chi connectivity index (χ2n) is 7.94. The van der Waals surface area contributed by atoms with Gasteiger partial charge in [0.05, 0.1) is 13.0 Å². The molecule has 2 aliphatic rings. The van der Waals surface area contributed by atoms with Crippen LogP contribution in [0, 0.1) is 5.92 Å². The predicted molar refractivity (Wildman–Crippen MR) is 104 cm³/mol. The van der Waals surface area contributed by atoms with E-state index in [4.69, 9.17) is 0 Å². The molecule has 2 aliphatic heterocycles. The van der Waals surface area contributed by atoms with Gasteiger partial charge in [0.2, 0.25) is 11.8 Å². The third-order valence-electron chi connectivity index (χ3n) is 5.57. The molecule has 148 valence electrons. The summed E-state index contributed by atoms with van der Waals surface area (Å²) >= 11 is 0. The smallest absolute Gasteiger partial charge is 0.236 e. The lowest BCUT2D eigenvalue weighted by atomic mass is 10.0. The Kier molecular flexibility index (Phi) is 6.72. The van der Waals surface area contributed by atoms with E-state index in [0.29, 0.717) is 32.1 Å². The van der Waals surface area contributed by atoms with Crippen molar-refractivity contribution in [3.05, 3.63) is 29.8 Å². The molecule has 1 unspecified atom stereocenters. The number of rotatable bonds is 4. The van der Waals surface area contributed by atoms with Crippen molar-refractivity contribution in [2.24, 2.45) is 5.92 Å². The molecule has 1 N–H and O–H groups in total. The molecule has 2 amide bonds. The number of aromatic hydroxyl groups is 1. The summed E-state index contributed by atoms with van der Waals surface area (Å²) in [5.74, 6) is 1.09. The summed E-state index contributed by atoms with van der Waals surface area (Å²) in [6.07, 6.45) is 3.53. The van der Waals surface area contributed by atoms with E-state index in [-0.39, 0.29) is 24.0 Å². The summed E-state index contributed by atoms with van der Waals surface area (Å²) < 4.78 is 0. The molecule has 1 aromatic carbocycles. The first-order chi connectivity index (χ1) is 13.0. The number of likely N-dealkylation sites (tertiary alicyclic amines) is 1. The Morgan fingerprint density at radius 1 is 1.04 bits per heavy atom. The average molecular weight is 373 g/mol. The van der Waals surface area contributed by atoms with Crippen LogP contribution < -0.4 is 0 Å². The number of benzene rings is 1. The maximum atomic E-state index is 12.7. The predicted octanol–water partition coefficient (Wildman–Crippen LogP) is 1.73. The summed E-state index contributed by atoms with van der Waals surface area (Å²) in [5, 5.41) is 9.56. The van der Waals surface area contributed by atoms with E-state index in [0.717, 1.165) is 31.6 Å². The molecule has 0 spiro atoms. The molecule has 0 bridgehead atoms. The third-order valence-corrected chi connectivity index (χ3v) is 5.57. The van der Waals surface area contributed by atoms with Gasteiger partial charge in [0.1, 0.15) is 5.75 Å². The molecule has 6 nitrogen and oxygen atoms in total. The SMILES string of the molecule is CC1CCCN(CC(=O)N2CCCN(C(=O)Cc3cccc(O)c3)CC2)C1. The van der Waals surface area contributed by atoms with Gasteiger partial charge in [-0.25, -0.2) is 0 Å². The Bertz CT molecular complexity index is 664. The Morgan fingerprint density at radius 2 is 1.78 bits per heavy atom. The second-order valence-corrected chi connectivity index (χ2v) is 7.94. The first-order valence-electron chi connectivity index (χ1n) is 10.1. The van der Waals surface area contributed by atoms with Gasteiger partial charge in [-0.15, -0.1) is 0 Å². The molecular weight excluding hydrogens is 342 g/mol. The van der Waals surface area contributed by atoms with Gasteiger partial charge in [-0.3, -0.25) is 14.5 Å². The fraction of sp³-hybridized carbons (Fsp3) is 0.619. The molecule has 6 heteroatoms. The van der Waals surface area contributed by atoms with Crippen molar-refractivity contribution < 1.29 is 14.7 Å². The van der Waals surface area contributed by atoms with Gasteiger partial charge in [-0.1, -0.05) is 19.1 Å². The fourth-order valence-corrected chi connectivity index (χ4v) is 4.09. The van der Waals surface area contributed by atoms with Gasteiger partial charge in [0.15, 0.2) is 0 Å². The lowest BCUT2D eigenvalue weighted by Crippen LogP contribution is -2.45. The van der Waals surface area contributed by atoms with E-state index < -0.39 is 0 Å². The Labute approximate surface area is 161 Å². The molecular formula is C21H31N3O3. The van der Waals surface area contributed by atoms with Crippen molar-refractivity contribution in [2.45, 2.75) is 32.6 Å². The summed E-state index contributed by atoms with van der Waals surface area (Å²) in [6, 6.07) is 6.84. The van der Waals surface area contributed by atoms with Crippen LogP contribution in [0.1, 0.15) is 31.7 Å². The van der Waals surface area contributed by atoms with Crippen molar-refractivity contribution in [1.82, 2.24) is 14.7 Å². The van der Waals surface area contributed by atoms with Gasteiger partial charge in [0, 0.05) is 32.7 Å². The van der Waals surface area contributed by atoms with E-state index in [1.165, 1.54) is 12.8 Å². The highest BCUT2D eigenvalue weighted by Crippen LogP contribution is 2.16. The molecule has 1 aromatic rings. The van der Waals surface area contributed by atoms with Gasteiger partial charge in [0.25, 0.3) is 0 Å². The topological polar surface area (TPSA) is 64.1 Å². The van der Waals surface area contributed by atoms with E-state index >= 15 is 0 Å². The van der Waals surface area contributed by atoms with Crippen LogP contribution in [0.2, 0.25) is 0 Å². The molecule has 1 atom stereocenters. The lowest BCUT2D eigenvalue weighted by Gasteiger charge is -2.32. The Morgan fingerprint density at radius 3 is 2.48 bits per heavy atom. The van der Waals surface area contributed by atoms with E-state index in [9.17, 15) is 14.7 Å². The van der Waals surface area contributed by atoms with Crippen molar-refractivity contribution in [2.75, 3.05) is 45.8 Å². The molecule has 0 aromatic heterocycles. The van der Waals surface area contributed by atoms with Crippen LogP contribution in [0.15, 0.2) is 24.3 Å². The van der Waals surface area contributed by atoms with Crippen LogP contribution in [0.4, 0.5) is 0 Å². The number of amides is 2. The molecule has 2 saturated heterocycles. The number of phenols is 1. The highest BCUT2D eigenvalue weighted by atomic mass is 16.3. The van der Waals surface area contributed by atoms with Gasteiger partial charge in [-0.05, 0) is 49.4 Å². The van der Waals surface area contributed by atoms with Gasteiger partial charge < -0.3 is 14.9 Å². The molecule has 2 heterocycles. The number of piperidine rings is 1. The van der Waals surface area contributed by atoms with Crippen molar-refractivity contribution in [3.8, 4) is 5.75 Å². The number of nitrogens with zero attached hydrogens (tertiary/aromatic N) is 3. The molecule has 3 rings (SSSR count). The second kappa shape index (κ2) is 9.22. The maximum Gasteiger partial charge on any atom is 0.236 e. The van der Waals surface area contributed by atoms with Crippen molar-refractivity contribution >= 4 is 11.8 Å². The monoisotopic (exact) mass is 373 g/mol. The van der Waals surface area contributed by atoms with Crippen LogP contribution in [-0.4, -0.2) is 77.4 Å². The summed E-state index contributed by atoms with van der Waals surface area (Å²) in [5.41, 5.74) is 0.816. The largest absolute Gasteiger partial charge is 0.508 e. The highest BCUT2D eigenvalue weighted by Gasteiger charge is 2.25. The number of hydrogen-bond acceptors (Lipinski definition) is 4. The minimum atomic E-state index is 0.0553. The number of hydrogen-bond donors (Lipinski definition) is 1. The standard InChI is InChI=1S/C21H31N3O3/c1-17-5-3-8-22(15-17)16-21(27)24-10-4-9-23(11-12-24)20(26)14-18-6-2-7-19(25)13-18/h2,6-7,13,17,25H,3-5,8-12,14-16H2,1H3. The quantitative estimate of drug-likeness (QED) is 0.873. The van der Waals surface area contributed by atoms with Gasteiger partial charge >= 0.3 is 0 Å². The normalized spacial score (nSPS) is 21.7. The number of carbonyl (C=O) groups excluding carboxylic acids is 2. The first-order valence-corrected chi connectivity index (χ1v) is 10.1. The lowest BCUT2D eigenvalue weighted by molar-refractivity contribution is -0.134. The first kappa shape index (κ1) is 19.7. The summed E-state index contributed by atoms with van der Waals surface area (Å²) in [4.78, 5) is 31.3. The molecule has 2 fully saturated rings. The number of carbonyl (C=O) groups is 2. The van der Waals surface area contributed by atoms with Crippen LogP contribution in [0.25, 0.3) is 0 Å². The van der Waals surface area contributed by atoms with E-state index in [1.54, 1.807) is 18.2 Å². The summed E-state index contributed by atoms with van der Waals surface area (Å²) in [6.45, 7) is 7.36. The Balaban J connectivity index is 1.49. The van der Waals surface area contributed by atoms with Crippen LogP contribution in [0.5, 0.6) is 5.75 Å². The Hall–Kier alpha value is -2.08. The van der Waals surface area contributed by atoms with Crippen LogP contribution >= 0.6 is 0 Å². The third kappa shape index (κ3) is 5.70. The highest BCUT2D eigenvalue weighted by molar-refractivity contribution is 5.80. The maximum absolute atomic E-state index is 12.7. The zero-order valence-corrected chi connectivity index (χ0v) is 16.3. The zero-order valence-electron chi connectivity index (χ0n) is 16.3. The van der Waals surface area contributed by atoms with Crippen LogP contribution in [-0.2, 0) is 16.0 Å². The van der Waals surface area contributed by atoms with E-state index in [2.05, 4.69) is 11.8 Å². The minimum Gasteiger partial charge on any atom is -0.508 e. The van der Waals surface area contributed by atoms with Crippen LogP contribution in [0.3, 0.4) is 0 Å². The van der Waals surface area contributed by atoms with Gasteiger partial charge in [-0.2, -0.15) is 0 Å². The fourth-order valence-electron chi connectivity index (χ4n) is 4.09.